The zero-order valence-corrected chi connectivity index (χ0v) is 15.8. The van der Waals surface area contributed by atoms with E-state index in [0.717, 1.165) is 24.8 Å². The second-order valence-corrected chi connectivity index (χ2v) is 7.42. The van der Waals surface area contributed by atoms with Crippen molar-refractivity contribution in [1.29, 1.82) is 0 Å². The maximum absolute atomic E-state index is 5.67. The predicted molar refractivity (Wildman–Crippen MR) is 98.6 cm³/mol. The lowest BCUT2D eigenvalue weighted by Crippen LogP contribution is -2.72. The molecule has 0 aromatic heterocycles. The van der Waals surface area contributed by atoms with Gasteiger partial charge in [-0.3, -0.25) is 4.99 Å². The topological polar surface area (TPSA) is 46.1 Å². The molecule has 1 aliphatic heterocycles. The lowest BCUT2D eigenvalue weighted by atomic mass is 9.65. The summed E-state index contributed by atoms with van der Waals surface area (Å²) < 4.78 is 10.7. The fraction of sp³-hybridized carbons (Fsp3) is 0.632. The molecule has 0 aliphatic carbocycles. The first kappa shape index (κ1) is 18.6. The maximum Gasteiger partial charge on any atom is 0.194 e. The largest absolute Gasteiger partial charge is 0.491 e. The smallest absolute Gasteiger partial charge is 0.194 e. The van der Waals surface area contributed by atoms with Crippen molar-refractivity contribution in [3.63, 3.8) is 0 Å². The SMILES string of the molecule is CN=C(NCc1cccc(OCCOC)c1)N1CC(C)(C)C1(C)C. The van der Waals surface area contributed by atoms with Crippen molar-refractivity contribution in [3.05, 3.63) is 29.8 Å². The number of aliphatic imine (C=N–C) groups is 1. The van der Waals surface area contributed by atoms with Crippen molar-refractivity contribution in [1.82, 2.24) is 10.2 Å². The van der Waals surface area contributed by atoms with Crippen LogP contribution in [-0.2, 0) is 11.3 Å². The lowest BCUT2D eigenvalue weighted by Gasteiger charge is -2.62. The van der Waals surface area contributed by atoms with E-state index in [4.69, 9.17) is 9.47 Å². The highest BCUT2D eigenvalue weighted by Gasteiger charge is 2.53. The Balaban J connectivity index is 1.94. The molecule has 5 heteroatoms. The van der Waals surface area contributed by atoms with Gasteiger partial charge in [0.2, 0.25) is 0 Å². The molecule has 5 nitrogen and oxygen atoms in total. The Hall–Kier alpha value is -1.75. The summed E-state index contributed by atoms with van der Waals surface area (Å²) in [5.41, 5.74) is 1.56. The summed E-state index contributed by atoms with van der Waals surface area (Å²) >= 11 is 0. The van der Waals surface area contributed by atoms with E-state index in [-0.39, 0.29) is 5.54 Å². The van der Waals surface area contributed by atoms with Crippen molar-refractivity contribution in [2.24, 2.45) is 10.4 Å². The van der Waals surface area contributed by atoms with E-state index >= 15 is 0 Å². The third-order valence-electron chi connectivity index (χ3n) is 5.26. The van der Waals surface area contributed by atoms with Crippen molar-refractivity contribution in [3.8, 4) is 5.75 Å². The molecule has 0 atom stereocenters. The molecule has 0 amide bonds. The summed E-state index contributed by atoms with van der Waals surface area (Å²) in [6.07, 6.45) is 0. The fourth-order valence-electron chi connectivity index (χ4n) is 2.86. The quantitative estimate of drug-likeness (QED) is 0.494. The third-order valence-corrected chi connectivity index (χ3v) is 5.26. The minimum Gasteiger partial charge on any atom is -0.491 e. The van der Waals surface area contributed by atoms with Gasteiger partial charge in [-0.15, -0.1) is 0 Å². The molecular formula is C19H31N3O2. The van der Waals surface area contributed by atoms with Gasteiger partial charge in [0.15, 0.2) is 5.96 Å². The normalized spacial score (nSPS) is 18.9. The van der Waals surface area contributed by atoms with Gasteiger partial charge in [0.05, 0.1) is 6.61 Å². The number of methoxy groups -OCH3 is 1. The van der Waals surface area contributed by atoms with Gasteiger partial charge in [0.25, 0.3) is 0 Å². The van der Waals surface area contributed by atoms with E-state index < -0.39 is 0 Å². The van der Waals surface area contributed by atoms with Gasteiger partial charge in [-0.25, -0.2) is 0 Å². The molecule has 0 saturated carbocycles. The van der Waals surface area contributed by atoms with Crippen LogP contribution in [0.3, 0.4) is 0 Å². The molecule has 24 heavy (non-hydrogen) atoms. The number of benzene rings is 1. The number of nitrogens with one attached hydrogen (secondary N) is 1. The number of hydrogen-bond acceptors (Lipinski definition) is 3. The molecule has 2 rings (SSSR count). The molecule has 1 N–H and O–H groups in total. The Kier molecular flexibility index (Phi) is 5.75. The summed E-state index contributed by atoms with van der Waals surface area (Å²) in [6, 6.07) is 8.13. The number of likely N-dealkylation sites (tertiary alicyclic amines) is 1. The maximum atomic E-state index is 5.67. The van der Waals surface area contributed by atoms with Gasteiger partial charge in [-0.2, -0.15) is 0 Å². The van der Waals surface area contributed by atoms with Gasteiger partial charge < -0.3 is 19.7 Å². The molecule has 0 unspecified atom stereocenters. The van der Waals surface area contributed by atoms with Crippen LogP contribution < -0.4 is 10.1 Å². The zero-order valence-electron chi connectivity index (χ0n) is 15.8. The Morgan fingerprint density at radius 2 is 2.00 bits per heavy atom. The highest BCUT2D eigenvalue weighted by molar-refractivity contribution is 5.82. The number of guanidine groups is 1. The molecular weight excluding hydrogens is 302 g/mol. The van der Waals surface area contributed by atoms with Gasteiger partial charge in [0.1, 0.15) is 12.4 Å². The summed E-state index contributed by atoms with van der Waals surface area (Å²) in [5.74, 6) is 1.82. The van der Waals surface area contributed by atoms with E-state index in [1.54, 1.807) is 7.11 Å². The molecule has 1 aliphatic rings. The first-order chi connectivity index (χ1) is 11.3. The zero-order chi connectivity index (χ0) is 17.8. The van der Waals surface area contributed by atoms with E-state index in [2.05, 4.69) is 55.0 Å². The molecule has 0 spiro atoms. The van der Waals surface area contributed by atoms with Crippen molar-refractivity contribution in [2.75, 3.05) is 33.9 Å². The first-order valence-corrected chi connectivity index (χ1v) is 8.51. The molecule has 1 aromatic rings. The fourth-order valence-corrected chi connectivity index (χ4v) is 2.86. The lowest BCUT2D eigenvalue weighted by molar-refractivity contribution is -0.0667. The van der Waals surface area contributed by atoms with E-state index in [0.29, 0.717) is 18.6 Å². The number of ether oxygens (including phenoxy) is 2. The summed E-state index contributed by atoms with van der Waals surface area (Å²) in [6.45, 7) is 12.0. The minimum absolute atomic E-state index is 0.0972. The summed E-state index contributed by atoms with van der Waals surface area (Å²) in [4.78, 5) is 6.79. The van der Waals surface area contributed by atoms with Crippen LogP contribution in [0.1, 0.15) is 33.3 Å². The number of nitrogens with zero attached hydrogens (tertiary/aromatic N) is 2. The molecule has 0 radical (unpaired) electrons. The monoisotopic (exact) mass is 333 g/mol. The summed E-state index contributed by atoms with van der Waals surface area (Å²) in [5, 5.41) is 3.47. The van der Waals surface area contributed by atoms with Gasteiger partial charge in [-0.1, -0.05) is 26.0 Å². The molecule has 134 valence electrons. The van der Waals surface area contributed by atoms with Crippen LogP contribution in [0, 0.1) is 5.41 Å². The van der Waals surface area contributed by atoms with E-state index in [9.17, 15) is 0 Å². The molecule has 0 bridgehead atoms. The third kappa shape index (κ3) is 3.83. The first-order valence-electron chi connectivity index (χ1n) is 8.51. The molecule has 1 saturated heterocycles. The van der Waals surface area contributed by atoms with Crippen LogP contribution >= 0.6 is 0 Å². The Morgan fingerprint density at radius 3 is 2.58 bits per heavy atom. The second-order valence-electron chi connectivity index (χ2n) is 7.42. The van der Waals surface area contributed by atoms with Crippen molar-refractivity contribution >= 4 is 5.96 Å². The van der Waals surface area contributed by atoms with E-state index in [1.807, 2.05) is 19.2 Å². The van der Waals surface area contributed by atoms with Crippen LogP contribution in [-0.4, -0.2) is 50.3 Å². The summed E-state index contributed by atoms with van der Waals surface area (Å²) in [7, 11) is 3.52. The minimum atomic E-state index is 0.0972. The average Bonchev–Trinajstić information content (AvgIpc) is 2.55. The Labute approximate surface area is 146 Å². The standard InChI is InChI=1S/C19H31N3O2/c1-18(2)14-22(19(18,3)4)17(20-5)21-13-15-8-7-9-16(12-15)24-11-10-23-6/h7-9,12H,10-11,13-14H2,1-6H3,(H,20,21). The van der Waals surface area contributed by atoms with Crippen LogP contribution in [0.5, 0.6) is 5.75 Å². The van der Waals surface area contributed by atoms with Crippen LogP contribution in [0.15, 0.2) is 29.3 Å². The van der Waals surface area contributed by atoms with Crippen LogP contribution in [0.25, 0.3) is 0 Å². The molecule has 1 heterocycles. The predicted octanol–water partition coefficient (Wildman–Crippen LogP) is 2.91. The van der Waals surface area contributed by atoms with Crippen LogP contribution in [0.2, 0.25) is 0 Å². The van der Waals surface area contributed by atoms with Gasteiger partial charge >= 0.3 is 0 Å². The molecule has 1 aromatic carbocycles. The Morgan fingerprint density at radius 1 is 1.25 bits per heavy atom. The number of hydrogen-bond donors (Lipinski definition) is 1. The highest BCUT2D eigenvalue weighted by atomic mass is 16.5. The van der Waals surface area contributed by atoms with Gasteiger partial charge in [0, 0.05) is 38.2 Å². The van der Waals surface area contributed by atoms with Gasteiger partial charge in [-0.05, 0) is 31.5 Å². The van der Waals surface area contributed by atoms with Crippen molar-refractivity contribution < 1.29 is 9.47 Å². The van der Waals surface area contributed by atoms with Crippen molar-refractivity contribution in [2.45, 2.75) is 39.8 Å². The number of rotatable bonds is 6. The van der Waals surface area contributed by atoms with Crippen LogP contribution in [0.4, 0.5) is 0 Å². The second kappa shape index (κ2) is 7.43. The Bertz CT molecular complexity index is 582. The average molecular weight is 333 g/mol. The highest BCUT2D eigenvalue weighted by Crippen LogP contribution is 2.46. The molecule has 1 fully saturated rings. The van der Waals surface area contributed by atoms with E-state index in [1.165, 1.54) is 5.56 Å².